The van der Waals surface area contributed by atoms with Gasteiger partial charge in [0.15, 0.2) is 6.61 Å². The van der Waals surface area contributed by atoms with Crippen LogP contribution in [0.25, 0.3) is 0 Å². The standard InChI is InChI=1S/C10H8BrNO2/c11-8-3-1-2-4-9(8)14-7-10-12-5-6-13-10/h1-6H,7H2. The van der Waals surface area contributed by atoms with Crippen LogP contribution in [0, 0.1) is 0 Å². The van der Waals surface area contributed by atoms with Gasteiger partial charge in [0.05, 0.1) is 10.7 Å². The van der Waals surface area contributed by atoms with Crippen LogP contribution in [0.5, 0.6) is 5.75 Å². The van der Waals surface area contributed by atoms with Crippen molar-refractivity contribution in [2.75, 3.05) is 0 Å². The van der Waals surface area contributed by atoms with E-state index in [1.807, 2.05) is 24.3 Å². The Morgan fingerprint density at radius 1 is 1.36 bits per heavy atom. The van der Waals surface area contributed by atoms with Crippen molar-refractivity contribution in [1.29, 1.82) is 0 Å². The van der Waals surface area contributed by atoms with Crippen molar-refractivity contribution in [3.8, 4) is 5.75 Å². The van der Waals surface area contributed by atoms with Crippen LogP contribution in [0.1, 0.15) is 5.89 Å². The van der Waals surface area contributed by atoms with Gasteiger partial charge in [-0.3, -0.25) is 0 Å². The van der Waals surface area contributed by atoms with Gasteiger partial charge in [0.25, 0.3) is 0 Å². The second-order valence-electron chi connectivity index (χ2n) is 2.64. The maximum Gasteiger partial charge on any atom is 0.232 e. The predicted octanol–water partition coefficient (Wildman–Crippen LogP) is 3.02. The first-order valence-corrected chi connectivity index (χ1v) is 4.91. The summed E-state index contributed by atoms with van der Waals surface area (Å²) in [6.07, 6.45) is 3.12. The highest BCUT2D eigenvalue weighted by Crippen LogP contribution is 2.24. The van der Waals surface area contributed by atoms with E-state index in [0.717, 1.165) is 10.2 Å². The highest BCUT2D eigenvalue weighted by Gasteiger charge is 2.01. The van der Waals surface area contributed by atoms with Gasteiger partial charge in [-0.15, -0.1) is 0 Å². The number of aromatic nitrogens is 1. The Balaban J connectivity index is 2.02. The zero-order valence-electron chi connectivity index (χ0n) is 7.31. The van der Waals surface area contributed by atoms with Crippen molar-refractivity contribution >= 4 is 15.9 Å². The Bertz CT molecular complexity index is 400. The molecule has 2 aromatic rings. The third-order valence-electron chi connectivity index (χ3n) is 1.67. The SMILES string of the molecule is Brc1ccccc1OCc1ncco1. The fourth-order valence-electron chi connectivity index (χ4n) is 1.03. The predicted molar refractivity (Wildman–Crippen MR) is 55.0 cm³/mol. The van der Waals surface area contributed by atoms with Gasteiger partial charge >= 0.3 is 0 Å². The van der Waals surface area contributed by atoms with Gasteiger partial charge in [-0.2, -0.15) is 0 Å². The lowest BCUT2D eigenvalue weighted by Crippen LogP contribution is -1.95. The van der Waals surface area contributed by atoms with Crippen LogP contribution in [-0.2, 0) is 6.61 Å². The maximum absolute atomic E-state index is 5.48. The normalized spacial score (nSPS) is 10.1. The largest absolute Gasteiger partial charge is 0.483 e. The Morgan fingerprint density at radius 3 is 2.93 bits per heavy atom. The summed E-state index contributed by atoms with van der Waals surface area (Å²) >= 11 is 3.38. The molecule has 4 heteroatoms. The number of hydrogen-bond acceptors (Lipinski definition) is 3. The minimum Gasteiger partial charge on any atom is -0.483 e. The summed E-state index contributed by atoms with van der Waals surface area (Å²) in [5.74, 6) is 1.35. The molecule has 0 N–H and O–H groups in total. The first kappa shape index (κ1) is 9.27. The van der Waals surface area contributed by atoms with E-state index < -0.39 is 0 Å². The van der Waals surface area contributed by atoms with Crippen molar-refractivity contribution in [1.82, 2.24) is 4.98 Å². The molecule has 0 bridgehead atoms. The number of nitrogens with zero attached hydrogens (tertiary/aromatic N) is 1. The zero-order chi connectivity index (χ0) is 9.80. The van der Waals surface area contributed by atoms with Gasteiger partial charge in [-0.25, -0.2) is 4.98 Å². The van der Waals surface area contributed by atoms with E-state index in [-0.39, 0.29) is 0 Å². The molecule has 0 saturated heterocycles. The second kappa shape index (κ2) is 4.28. The molecule has 0 amide bonds. The molecule has 1 heterocycles. The van der Waals surface area contributed by atoms with Crippen molar-refractivity contribution < 1.29 is 9.15 Å². The van der Waals surface area contributed by atoms with E-state index in [2.05, 4.69) is 20.9 Å². The molecule has 72 valence electrons. The monoisotopic (exact) mass is 253 g/mol. The Morgan fingerprint density at radius 2 is 2.21 bits per heavy atom. The van der Waals surface area contributed by atoms with E-state index >= 15 is 0 Å². The number of para-hydroxylation sites is 1. The van der Waals surface area contributed by atoms with Gasteiger partial charge in [0.1, 0.15) is 12.0 Å². The van der Waals surface area contributed by atoms with E-state index in [1.54, 1.807) is 6.20 Å². The number of rotatable bonds is 3. The molecular formula is C10H8BrNO2. The lowest BCUT2D eigenvalue weighted by atomic mass is 10.3. The van der Waals surface area contributed by atoms with E-state index in [9.17, 15) is 0 Å². The molecular weight excluding hydrogens is 246 g/mol. The average Bonchev–Trinajstić information content (AvgIpc) is 2.69. The van der Waals surface area contributed by atoms with Crippen LogP contribution in [0.15, 0.2) is 45.6 Å². The summed E-state index contributed by atoms with van der Waals surface area (Å²) in [4.78, 5) is 3.95. The summed E-state index contributed by atoms with van der Waals surface area (Å²) in [6.45, 7) is 0.343. The van der Waals surface area contributed by atoms with E-state index in [1.165, 1.54) is 6.26 Å². The first-order valence-electron chi connectivity index (χ1n) is 4.12. The first-order chi connectivity index (χ1) is 6.86. The minimum atomic E-state index is 0.343. The molecule has 0 spiro atoms. The minimum absolute atomic E-state index is 0.343. The molecule has 1 aromatic carbocycles. The van der Waals surface area contributed by atoms with Gasteiger partial charge in [-0.1, -0.05) is 12.1 Å². The molecule has 0 aliphatic heterocycles. The number of ether oxygens (including phenoxy) is 1. The maximum atomic E-state index is 5.48. The molecule has 0 radical (unpaired) electrons. The molecule has 1 aromatic heterocycles. The van der Waals surface area contributed by atoms with E-state index in [0.29, 0.717) is 12.5 Å². The number of halogens is 1. The molecule has 14 heavy (non-hydrogen) atoms. The van der Waals surface area contributed by atoms with Crippen LogP contribution >= 0.6 is 15.9 Å². The number of benzene rings is 1. The number of hydrogen-bond donors (Lipinski definition) is 0. The van der Waals surface area contributed by atoms with Gasteiger partial charge in [0.2, 0.25) is 5.89 Å². The molecule has 2 rings (SSSR count). The van der Waals surface area contributed by atoms with Crippen molar-refractivity contribution in [3.05, 3.63) is 47.1 Å². The van der Waals surface area contributed by atoms with Gasteiger partial charge in [-0.05, 0) is 28.1 Å². The van der Waals surface area contributed by atoms with Crippen molar-refractivity contribution in [2.24, 2.45) is 0 Å². The Kier molecular flexibility index (Phi) is 2.84. The zero-order valence-corrected chi connectivity index (χ0v) is 8.90. The summed E-state index contributed by atoms with van der Waals surface area (Å²) in [5, 5.41) is 0. The van der Waals surface area contributed by atoms with Gasteiger partial charge in [0, 0.05) is 0 Å². The summed E-state index contributed by atoms with van der Waals surface area (Å²) in [6, 6.07) is 7.65. The molecule has 0 atom stereocenters. The fraction of sp³-hybridized carbons (Fsp3) is 0.100. The molecule has 0 fully saturated rings. The lowest BCUT2D eigenvalue weighted by molar-refractivity contribution is 0.261. The smallest absolute Gasteiger partial charge is 0.232 e. The molecule has 0 aliphatic carbocycles. The van der Waals surface area contributed by atoms with Crippen molar-refractivity contribution in [2.45, 2.75) is 6.61 Å². The van der Waals surface area contributed by atoms with Crippen LogP contribution in [-0.4, -0.2) is 4.98 Å². The highest BCUT2D eigenvalue weighted by atomic mass is 79.9. The van der Waals surface area contributed by atoms with Crippen LogP contribution in [0.2, 0.25) is 0 Å². The number of oxazole rings is 1. The average molecular weight is 254 g/mol. The van der Waals surface area contributed by atoms with Crippen LogP contribution < -0.4 is 4.74 Å². The second-order valence-corrected chi connectivity index (χ2v) is 3.50. The van der Waals surface area contributed by atoms with Gasteiger partial charge < -0.3 is 9.15 Å². The Hall–Kier alpha value is -1.29. The van der Waals surface area contributed by atoms with Crippen molar-refractivity contribution in [3.63, 3.8) is 0 Å². The molecule has 0 aliphatic rings. The summed E-state index contributed by atoms with van der Waals surface area (Å²) in [7, 11) is 0. The van der Waals surface area contributed by atoms with E-state index in [4.69, 9.17) is 9.15 Å². The lowest BCUT2D eigenvalue weighted by Gasteiger charge is -2.04. The molecule has 0 saturated carbocycles. The third-order valence-corrected chi connectivity index (χ3v) is 2.33. The molecule has 3 nitrogen and oxygen atoms in total. The third kappa shape index (κ3) is 2.14. The summed E-state index contributed by atoms with van der Waals surface area (Å²) < 4.78 is 11.4. The quantitative estimate of drug-likeness (QED) is 0.844. The topological polar surface area (TPSA) is 35.3 Å². The summed E-state index contributed by atoms with van der Waals surface area (Å²) in [5.41, 5.74) is 0. The van der Waals surface area contributed by atoms with Crippen LogP contribution in [0.3, 0.4) is 0 Å². The fourth-order valence-corrected chi connectivity index (χ4v) is 1.42. The molecule has 0 unspecified atom stereocenters. The Labute approximate surface area is 89.8 Å². The highest BCUT2D eigenvalue weighted by molar-refractivity contribution is 9.10. The van der Waals surface area contributed by atoms with Crippen LogP contribution in [0.4, 0.5) is 0 Å².